The van der Waals surface area contributed by atoms with E-state index in [1.54, 1.807) is 31.2 Å². The van der Waals surface area contributed by atoms with Crippen molar-refractivity contribution in [2.24, 2.45) is 5.14 Å². The van der Waals surface area contributed by atoms with Crippen LogP contribution in [0, 0.1) is 0 Å². The average Bonchev–Trinajstić information content (AvgIpc) is 3.23. The average molecular weight is 477 g/mol. The van der Waals surface area contributed by atoms with Crippen LogP contribution >= 0.6 is 11.6 Å². The van der Waals surface area contributed by atoms with E-state index in [9.17, 15) is 18.0 Å². The fourth-order valence-electron chi connectivity index (χ4n) is 3.83. The molecule has 168 valence electrons. The molecule has 32 heavy (non-hydrogen) atoms. The topological polar surface area (TPSA) is 120 Å². The Kier molecular flexibility index (Phi) is 5.98. The normalized spacial score (nSPS) is 17.5. The van der Waals surface area contributed by atoms with Gasteiger partial charge in [0.15, 0.2) is 6.10 Å². The fraction of sp³-hybridized carbons (Fsp3) is 0.273. The van der Waals surface area contributed by atoms with Crippen LogP contribution in [0.3, 0.4) is 0 Å². The molecule has 4 rings (SSSR count). The molecule has 2 heterocycles. The van der Waals surface area contributed by atoms with Crippen molar-refractivity contribution in [2.75, 3.05) is 13.1 Å². The molecule has 2 aromatic carbocycles. The standard InChI is InChI=1S/C22H21ClN2O6S/c1-13(22(27)25-9-8-15(12-25)32(24,28)29)30-14-6-7-17-18(11-21(26)31-20(17)10-14)16-4-2-3-5-19(16)23/h2-7,10-11,13,15H,8-9,12H2,1H3,(H2,24,28,29). The Morgan fingerprint density at radius 1 is 1.22 bits per heavy atom. The van der Waals surface area contributed by atoms with E-state index in [0.29, 0.717) is 45.8 Å². The van der Waals surface area contributed by atoms with Gasteiger partial charge in [0, 0.05) is 46.8 Å². The van der Waals surface area contributed by atoms with Crippen molar-refractivity contribution in [3.63, 3.8) is 0 Å². The molecule has 10 heteroatoms. The minimum absolute atomic E-state index is 0.0408. The highest BCUT2D eigenvalue weighted by atomic mass is 35.5. The lowest BCUT2D eigenvalue weighted by Crippen LogP contribution is -2.41. The lowest BCUT2D eigenvalue weighted by Gasteiger charge is -2.21. The Labute approximate surface area is 189 Å². The fourth-order valence-corrected chi connectivity index (χ4v) is 4.89. The second kappa shape index (κ2) is 8.57. The van der Waals surface area contributed by atoms with Gasteiger partial charge in [-0.05, 0) is 31.5 Å². The first-order valence-corrected chi connectivity index (χ1v) is 11.9. The van der Waals surface area contributed by atoms with Gasteiger partial charge in [-0.15, -0.1) is 0 Å². The molecule has 0 saturated carbocycles. The number of ether oxygens (including phenoxy) is 1. The molecule has 8 nitrogen and oxygen atoms in total. The number of fused-ring (bicyclic) bond motifs is 1. The predicted molar refractivity (Wildman–Crippen MR) is 121 cm³/mol. The van der Waals surface area contributed by atoms with Gasteiger partial charge in [-0.25, -0.2) is 18.4 Å². The number of nitrogens with zero attached hydrogens (tertiary/aromatic N) is 1. The van der Waals surface area contributed by atoms with Gasteiger partial charge in [0.25, 0.3) is 5.91 Å². The summed E-state index contributed by atoms with van der Waals surface area (Å²) in [4.78, 5) is 26.3. The van der Waals surface area contributed by atoms with Gasteiger partial charge in [0.1, 0.15) is 11.3 Å². The lowest BCUT2D eigenvalue weighted by molar-refractivity contribution is -0.136. The highest BCUT2D eigenvalue weighted by Crippen LogP contribution is 2.34. The molecule has 1 aliphatic rings. The van der Waals surface area contributed by atoms with Crippen LogP contribution in [-0.2, 0) is 14.8 Å². The van der Waals surface area contributed by atoms with Crippen LogP contribution in [0.25, 0.3) is 22.1 Å². The number of nitrogens with two attached hydrogens (primary N) is 1. The number of rotatable bonds is 5. The summed E-state index contributed by atoms with van der Waals surface area (Å²) >= 11 is 6.30. The highest BCUT2D eigenvalue weighted by molar-refractivity contribution is 7.89. The van der Waals surface area contributed by atoms with Crippen molar-refractivity contribution in [2.45, 2.75) is 24.7 Å². The summed E-state index contributed by atoms with van der Waals surface area (Å²) in [6.07, 6.45) is -0.575. The molecule has 2 N–H and O–H groups in total. The molecule has 3 aromatic rings. The Bertz CT molecular complexity index is 1350. The molecule has 0 bridgehead atoms. The van der Waals surface area contributed by atoms with Crippen LogP contribution in [0.4, 0.5) is 0 Å². The van der Waals surface area contributed by atoms with Crippen molar-refractivity contribution >= 4 is 38.5 Å². The number of sulfonamides is 1. The third-order valence-electron chi connectivity index (χ3n) is 5.46. The summed E-state index contributed by atoms with van der Waals surface area (Å²) in [5, 5.41) is 5.59. The van der Waals surface area contributed by atoms with Crippen molar-refractivity contribution in [1.82, 2.24) is 4.90 Å². The summed E-state index contributed by atoms with van der Waals surface area (Å²) in [6.45, 7) is 1.91. The van der Waals surface area contributed by atoms with Gasteiger partial charge < -0.3 is 14.1 Å². The maximum Gasteiger partial charge on any atom is 0.336 e. The summed E-state index contributed by atoms with van der Waals surface area (Å²) in [6, 6.07) is 13.5. The van der Waals surface area contributed by atoms with E-state index in [1.165, 1.54) is 17.0 Å². The van der Waals surface area contributed by atoms with Crippen LogP contribution in [-0.4, -0.2) is 43.7 Å². The molecule has 2 unspecified atom stereocenters. The zero-order valence-corrected chi connectivity index (χ0v) is 18.7. The van der Waals surface area contributed by atoms with E-state index in [4.69, 9.17) is 25.9 Å². The molecule has 0 aliphatic carbocycles. The molecular weight excluding hydrogens is 456 g/mol. The molecule has 0 spiro atoms. The zero-order chi connectivity index (χ0) is 23.0. The molecule has 1 aromatic heterocycles. The second-order valence-electron chi connectivity index (χ2n) is 7.66. The number of hydrogen-bond donors (Lipinski definition) is 1. The van der Waals surface area contributed by atoms with Crippen LogP contribution < -0.4 is 15.5 Å². The van der Waals surface area contributed by atoms with Gasteiger partial charge in [-0.2, -0.15) is 0 Å². The quantitative estimate of drug-likeness (QED) is 0.565. The second-order valence-corrected chi connectivity index (χ2v) is 9.91. The number of amides is 1. The van der Waals surface area contributed by atoms with Gasteiger partial charge in [-0.1, -0.05) is 29.8 Å². The van der Waals surface area contributed by atoms with E-state index in [-0.39, 0.29) is 12.5 Å². The van der Waals surface area contributed by atoms with E-state index in [1.807, 2.05) is 12.1 Å². The first-order valence-electron chi connectivity index (χ1n) is 9.93. The Morgan fingerprint density at radius 3 is 2.66 bits per heavy atom. The molecular formula is C22H21ClN2O6S. The van der Waals surface area contributed by atoms with Crippen molar-refractivity contribution in [3.8, 4) is 16.9 Å². The molecule has 1 saturated heterocycles. The van der Waals surface area contributed by atoms with Crippen molar-refractivity contribution in [3.05, 3.63) is 64.0 Å². The number of hydrogen-bond acceptors (Lipinski definition) is 6. The van der Waals surface area contributed by atoms with E-state index in [0.717, 1.165) is 0 Å². The van der Waals surface area contributed by atoms with E-state index in [2.05, 4.69) is 0 Å². The summed E-state index contributed by atoms with van der Waals surface area (Å²) < 4.78 is 34.2. The molecule has 1 aliphatic heterocycles. The number of carbonyl (C=O) groups is 1. The number of benzene rings is 2. The Morgan fingerprint density at radius 2 is 1.97 bits per heavy atom. The Balaban J connectivity index is 1.58. The minimum Gasteiger partial charge on any atom is -0.481 e. The van der Waals surface area contributed by atoms with Gasteiger partial charge in [0.2, 0.25) is 10.0 Å². The van der Waals surface area contributed by atoms with Gasteiger partial charge >= 0.3 is 5.63 Å². The van der Waals surface area contributed by atoms with Gasteiger partial charge in [0.05, 0.1) is 5.25 Å². The van der Waals surface area contributed by atoms with Crippen molar-refractivity contribution in [1.29, 1.82) is 0 Å². The number of halogens is 1. The minimum atomic E-state index is -3.70. The first-order chi connectivity index (χ1) is 15.1. The maximum absolute atomic E-state index is 12.7. The molecule has 1 amide bonds. The summed E-state index contributed by atoms with van der Waals surface area (Å²) in [5.41, 5.74) is 1.08. The smallest absolute Gasteiger partial charge is 0.336 e. The maximum atomic E-state index is 12.7. The van der Waals surface area contributed by atoms with Gasteiger partial charge in [-0.3, -0.25) is 4.79 Å². The largest absolute Gasteiger partial charge is 0.481 e. The Hall–Kier alpha value is -2.88. The SMILES string of the molecule is CC(Oc1ccc2c(-c3ccccc3Cl)cc(=O)oc2c1)C(=O)N1CCC(S(N)(=O)=O)C1. The summed E-state index contributed by atoms with van der Waals surface area (Å²) in [5.74, 6) is -0.0116. The number of likely N-dealkylation sites (tertiary alicyclic amines) is 1. The highest BCUT2D eigenvalue weighted by Gasteiger charge is 2.35. The number of primary sulfonamides is 1. The predicted octanol–water partition coefficient (Wildman–Crippen LogP) is 2.77. The van der Waals surface area contributed by atoms with E-state index < -0.39 is 27.0 Å². The third kappa shape index (κ3) is 4.50. The summed E-state index contributed by atoms with van der Waals surface area (Å²) in [7, 11) is -3.70. The monoisotopic (exact) mass is 476 g/mol. The van der Waals surface area contributed by atoms with Crippen molar-refractivity contribution < 1.29 is 22.4 Å². The number of carbonyl (C=O) groups excluding carboxylic acids is 1. The lowest BCUT2D eigenvalue weighted by atomic mass is 10.0. The first kappa shape index (κ1) is 22.3. The van der Waals surface area contributed by atoms with Crippen LogP contribution in [0.1, 0.15) is 13.3 Å². The van der Waals surface area contributed by atoms with Crippen LogP contribution in [0.5, 0.6) is 5.75 Å². The third-order valence-corrected chi connectivity index (χ3v) is 7.11. The van der Waals surface area contributed by atoms with Crippen LogP contribution in [0.2, 0.25) is 5.02 Å². The zero-order valence-electron chi connectivity index (χ0n) is 17.2. The van der Waals surface area contributed by atoms with E-state index >= 15 is 0 Å². The van der Waals surface area contributed by atoms with Crippen LogP contribution in [0.15, 0.2) is 57.7 Å². The molecule has 0 radical (unpaired) electrons. The molecule has 1 fully saturated rings. The molecule has 2 atom stereocenters.